The smallest absolute Gasteiger partial charge is 0.340 e. The van der Waals surface area contributed by atoms with Crippen LogP contribution in [-0.4, -0.2) is 23.3 Å². The van der Waals surface area contributed by atoms with Crippen LogP contribution in [0.2, 0.25) is 0 Å². The average Bonchev–Trinajstić information content (AvgIpc) is 2.47. The van der Waals surface area contributed by atoms with Crippen molar-refractivity contribution in [1.82, 2.24) is 4.98 Å². The Labute approximate surface area is 128 Å². The standard InChI is InChI=1S/C16H18N2O4/c1-4-21-16(20)14-13(11-6-5-7-18-8-11)12(9(2)19)10(3)22-15(14)17/h5-8,13H,4,17H2,1-3H3/t13-/m1/s1. The maximum absolute atomic E-state index is 12.3. The minimum absolute atomic E-state index is 0.0465. The van der Waals surface area contributed by atoms with Crippen LogP contribution in [0.15, 0.2) is 47.3 Å². The first-order chi connectivity index (χ1) is 10.5. The monoisotopic (exact) mass is 302 g/mol. The Morgan fingerprint density at radius 3 is 2.68 bits per heavy atom. The SMILES string of the molecule is CCOC(=O)C1=C(N)OC(C)=C(C(C)=O)[C@H]1c1cccnc1. The van der Waals surface area contributed by atoms with E-state index in [-0.39, 0.29) is 23.8 Å². The van der Waals surface area contributed by atoms with Crippen LogP contribution in [-0.2, 0) is 19.1 Å². The maximum atomic E-state index is 12.3. The second-order valence-electron chi connectivity index (χ2n) is 4.85. The number of Topliss-reactive ketones (excluding diaryl/α,β-unsaturated/α-hetero) is 1. The zero-order valence-corrected chi connectivity index (χ0v) is 12.8. The largest absolute Gasteiger partial charge is 0.462 e. The molecule has 0 bridgehead atoms. The molecule has 0 amide bonds. The van der Waals surface area contributed by atoms with E-state index in [1.54, 1.807) is 38.4 Å². The zero-order chi connectivity index (χ0) is 16.3. The van der Waals surface area contributed by atoms with Crippen molar-refractivity contribution in [3.05, 3.63) is 52.9 Å². The molecule has 1 aliphatic heterocycles. The second-order valence-corrected chi connectivity index (χ2v) is 4.85. The Balaban J connectivity index is 2.62. The van der Waals surface area contributed by atoms with Gasteiger partial charge in [-0.15, -0.1) is 0 Å². The van der Waals surface area contributed by atoms with Crippen molar-refractivity contribution in [2.45, 2.75) is 26.7 Å². The van der Waals surface area contributed by atoms with Crippen LogP contribution >= 0.6 is 0 Å². The first-order valence-corrected chi connectivity index (χ1v) is 6.93. The van der Waals surface area contributed by atoms with E-state index in [1.807, 2.05) is 0 Å². The van der Waals surface area contributed by atoms with Gasteiger partial charge in [-0.1, -0.05) is 6.07 Å². The summed E-state index contributed by atoms with van der Waals surface area (Å²) >= 11 is 0. The lowest BCUT2D eigenvalue weighted by molar-refractivity contribution is -0.139. The summed E-state index contributed by atoms with van der Waals surface area (Å²) in [7, 11) is 0. The first kappa shape index (κ1) is 15.8. The summed E-state index contributed by atoms with van der Waals surface area (Å²) in [5.74, 6) is -1.10. The molecule has 0 fully saturated rings. The Hall–Kier alpha value is -2.63. The molecule has 2 rings (SSSR count). The third kappa shape index (κ3) is 2.86. The number of aromatic nitrogens is 1. The van der Waals surface area contributed by atoms with E-state index in [0.717, 1.165) is 0 Å². The van der Waals surface area contributed by atoms with Crippen molar-refractivity contribution >= 4 is 11.8 Å². The second kappa shape index (κ2) is 6.43. The number of hydrogen-bond donors (Lipinski definition) is 1. The molecule has 1 aromatic rings. The molecule has 2 heterocycles. The third-order valence-electron chi connectivity index (χ3n) is 3.38. The highest BCUT2D eigenvalue weighted by atomic mass is 16.5. The lowest BCUT2D eigenvalue weighted by Crippen LogP contribution is -2.28. The molecule has 116 valence electrons. The van der Waals surface area contributed by atoms with Crippen molar-refractivity contribution in [2.24, 2.45) is 5.73 Å². The van der Waals surface area contributed by atoms with Gasteiger partial charge in [0.2, 0.25) is 5.88 Å². The first-order valence-electron chi connectivity index (χ1n) is 6.93. The van der Waals surface area contributed by atoms with E-state index in [2.05, 4.69) is 4.98 Å². The van der Waals surface area contributed by atoms with Gasteiger partial charge in [0, 0.05) is 18.0 Å². The predicted molar refractivity (Wildman–Crippen MR) is 79.3 cm³/mol. The number of nitrogens with zero attached hydrogens (tertiary/aromatic N) is 1. The van der Waals surface area contributed by atoms with Crippen LogP contribution in [0, 0.1) is 0 Å². The molecule has 6 nitrogen and oxygen atoms in total. The van der Waals surface area contributed by atoms with Crippen LogP contribution in [0.3, 0.4) is 0 Å². The Morgan fingerprint density at radius 2 is 2.14 bits per heavy atom. The fourth-order valence-corrected chi connectivity index (χ4v) is 2.52. The Bertz CT molecular complexity index is 662. The lowest BCUT2D eigenvalue weighted by atomic mass is 9.81. The molecular weight excluding hydrogens is 284 g/mol. The molecule has 0 aromatic carbocycles. The minimum atomic E-state index is -0.640. The van der Waals surface area contributed by atoms with E-state index >= 15 is 0 Å². The number of carbonyl (C=O) groups is 2. The quantitative estimate of drug-likeness (QED) is 0.853. The van der Waals surface area contributed by atoms with Gasteiger partial charge in [-0.05, 0) is 32.4 Å². The Morgan fingerprint density at radius 1 is 1.41 bits per heavy atom. The van der Waals surface area contributed by atoms with Crippen LogP contribution in [0.4, 0.5) is 0 Å². The van der Waals surface area contributed by atoms with Gasteiger partial charge in [0.05, 0.1) is 12.5 Å². The molecule has 0 unspecified atom stereocenters. The summed E-state index contributed by atoms with van der Waals surface area (Å²) in [5, 5.41) is 0. The summed E-state index contributed by atoms with van der Waals surface area (Å²) in [6.07, 6.45) is 3.21. The molecule has 0 saturated carbocycles. The van der Waals surface area contributed by atoms with E-state index in [0.29, 0.717) is 16.9 Å². The summed E-state index contributed by atoms with van der Waals surface area (Å²) in [5.41, 5.74) is 7.07. The normalized spacial score (nSPS) is 18.0. The van der Waals surface area contributed by atoms with E-state index in [4.69, 9.17) is 15.2 Å². The van der Waals surface area contributed by atoms with E-state index in [1.165, 1.54) is 6.92 Å². The topological polar surface area (TPSA) is 91.5 Å². The van der Waals surface area contributed by atoms with Gasteiger partial charge >= 0.3 is 5.97 Å². The molecular formula is C16H18N2O4. The van der Waals surface area contributed by atoms with Crippen molar-refractivity contribution in [2.75, 3.05) is 6.61 Å². The average molecular weight is 302 g/mol. The highest BCUT2D eigenvalue weighted by Gasteiger charge is 2.37. The van der Waals surface area contributed by atoms with E-state index in [9.17, 15) is 9.59 Å². The van der Waals surface area contributed by atoms with Crippen LogP contribution in [0.25, 0.3) is 0 Å². The molecule has 22 heavy (non-hydrogen) atoms. The number of allylic oxidation sites excluding steroid dienone is 2. The molecule has 6 heteroatoms. The van der Waals surface area contributed by atoms with Crippen LogP contribution in [0.5, 0.6) is 0 Å². The number of nitrogens with two attached hydrogens (primary N) is 1. The lowest BCUT2D eigenvalue weighted by Gasteiger charge is -2.28. The van der Waals surface area contributed by atoms with Gasteiger partial charge in [-0.3, -0.25) is 9.78 Å². The molecule has 2 N–H and O–H groups in total. The highest BCUT2D eigenvalue weighted by molar-refractivity contribution is 6.01. The third-order valence-corrected chi connectivity index (χ3v) is 3.38. The number of carbonyl (C=O) groups excluding carboxylic acids is 2. The number of ketones is 1. The van der Waals surface area contributed by atoms with Crippen molar-refractivity contribution in [3.8, 4) is 0 Å². The maximum Gasteiger partial charge on any atom is 0.340 e. The number of rotatable bonds is 4. The van der Waals surface area contributed by atoms with Gasteiger partial charge in [-0.25, -0.2) is 4.79 Å². The molecule has 1 aromatic heterocycles. The molecule has 0 aliphatic carbocycles. The van der Waals surface area contributed by atoms with Gasteiger partial charge in [0.1, 0.15) is 11.3 Å². The van der Waals surface area contributed by atoms with Crippen molar-refractivity contribution in [3.63, 3.8) is 0 Å². The summed E-state index contributed by atoms with van der Waals surface area (Å²) < 4.78 is 10.4. The van der Waals surface area contributed by atoms with E-state index < -0.39 is 11.9 Å². The fraction of sp³-hybridized carbons (Fsp3) is 0.312. The summed E-state index contributed by atoms with van der Waals surface area (Å²) in [6.45, 7) is 4.97. The van der Waals surface area contributed by atoms with Gasteiger partial charge in [0.25, 0.3) is 0 Å². The predicted octanol–water partition coefficient (Wildman–Crippen LogP) is 1.79. The molecule has 0 saturated heterocycles. The number of hydrogen-bond acceptors (Lipinski definition) is 6. The molecule has 0 spiro atoms. The van der Waals surface area contributed by atoms with Gasteiger partial charge in [-0.2, -0.15) is 0 Å². The Kier molecular flexibility index (Phi) is 4.60. The number of pyridine rings is 1. The molecule has 1 aliphatic rings. The minimum Gasteiger partial charge on any atom is -0.462 e. The van der Waals surface area contributed by atoms with Crippen LogP contribution < -0.4 is 5.73 Å². The van der Waals surface area contributed by atoms with Gasteiger partial charge in [0.15, 0.2) is 5.78 Å². The molecule has 1 atom stereocenters. The highest BCUT2D eigenvalue weighted by Crippen LogP contribution is 2.39. The summed E-state index contributed by atoms with van der Waals surface area (Å²) in [4.78, 5) is 28.4. The summed E-state index contributed by atoms with van der Waals surface area (Å²) in [6, 6.07) is 3.52. The number of ether oxygens (including phenoxy) is 2. The number of esters is 1. The van der Waals surface area contributed by atoms with Crippen molar-refractivity contribution in [1.29, 1.82) is 0 Å². The fourth-order valence-electron chi connectivity index (χ4n) is 2.52. The van der Waals surface area contributed by atoms with Crippen LogP contribution in [0.1, 0.15) is 32.3 Å². The van der Waals surface area contributed by atoms with Crippen molar-refractivity contribution < 1.29 is 19.1 Å². The molecule has 0 radical (unpaired) electrons. The zero-order valence-electron chi connectivity index (χ0n) is 12.8. The van der Waals surface area contributed by atoms with Gasteiger partial charge < -0.3 is 15.2 Å².